The van der Waals surface area contributed by atoms with E-state index in [1.807, 2.05) is 31.3 Å². The second-order valence-electron chi connectivity index (χ2n) is 4.66. The van der Waals surface area contributed by atoms with Crippen molar-refractivity contribution in [1.29, 1.82) is 0 Å². The lowest BCUT2D eigenvalue weighted by atomic mass is 10.1. The van der Waals surface area contributed by atoms with Crippen LogP contribution >= 0.6 is 0 Å². The molecule has 0 amide bonds. The largest absolute Gasteiger partial charge is 0.397 e. The van der Waals surface area contributed by atoms with Gasteiger partial charge in [-0.25, -0.2) is 5.01 Å². The summed E-state index contributed by atoms with van der Waals surface area (Å²) in [7, 11) is 2.05. The molecule has 0 saturated heterocycles. The molecule has 1 aromatic rings. The zero-order chi connectivity index (χ0) is 12.0. The molecule has 3 N–H and O–H groups in total. The van der Waals surface area contributed by atoms with E-state index in [0.29, 0.717) is 0 Å². The quantitative estimate of drug-likeness (QED) is 0.573. The Balaban J connectivity index is 2.34. The maximum Gasteiger partial charge on any atom is 0.0719 e. The van der Waals surface area contributed by atoms with Gasteiger partial charge in [-0.05, 0) is 30.9 Å². The van der Waals surface area contributed by atoms with Gasteiger partial charge in [0.15, 0.2) is 0 Å². The van der Waals surface area contributed by atoms with Crippen LogP contribution in [0.1, 0.15) is 26.7 Å². The lowest BCUT2D eigenvalue weighted by Gasteiger charge is -2.20. The van der Waals surface area contributed by atoms with E-state index in [9.17, 15) is 0 Å². The maximum absolute atomic E-state index is 5.86. The van der Waals surface area contributed by atoms with E-state index in [4.69, 9.17) is 5.73 Å². The highest BCUT2D eigenvalue weighted by Gasteiger charge is 2.02. The molecule has 0 atom stereocenters. The molecule has 1 rings (SSSR count). The lowest BCUT2D eigenvalue weighted by molar-refractivity contribution is 0.373. The van der Waals surface area contributed by atoms with Gasteiger partial charge in [0.2, 0.25) is 0 Å². The third-order valence-electron chi connectivity index (χ3n) is 2.55. The zero-order valence-electron chi connectivity index (χ0n) is 10.5. The van der Waals surface area contributed by atoms with Crippen LogP contribution < -0.4 is 11.2 Å². The van der Waals surface area contributed by atoms with E-state index < -0.39 is 0 Å². The van der Waals surface area contributed by atoms with Crippen LogP contribution in [-0.2, 0) is 0 Å². The number of anilines is 2. The van der Waals surface area contributed by atoms with Crippen molar-refractivity contribution in [3.05, 3.63) is 24.3 Å². The molecule has 3 heteroatoms. The molecule has 0 saturated carbocycles. The molecule has 0 spiro atoms. The summed E-state index contributed by atoms with van der Waals surface area (Å²) >= 11 is 0. The number of benzene rings is 1. The maximum atomic E-state index is 5.86. The summed E-state index contributed by atoms with van der Waals surface area (Å²) in [4.78, 5) is 0. The fraction of sp³-hybridized carbons (Fsp3) is 0.538. The van der Waals surface area contributed by atoms with E-state index in [2.05, 4.69) is 24.3 Å². The van der Waals surface area contributed by atoms with Crippen molar-refractivity contribution in [3.63, 3.8) is 0 Å². The third-order valence-corrected chi connectivity index (χ3v) is 2.55. The molecule has 0 bridgehead atoms. The summed E-state index contributed by atoms with van der Waals surface area (Å²) in [5, 5.41) is 2.09. The zero-order valence-corrected chi connectivity index (χ0v) is 10.5. The Morgan fingerprint density at radius 2 is 2.00 bits per heavy atom. The molecule has 0 aliphatic carbocycles. The fourth-order valence-corrected chi connectivity index (χ4v) is 1.60. The third kappa shape index (κ3) is 4.53. The van der Waals surface area contributed by atoms with Gasteiger partial charge >= 0.3 is 0 Å². The first kappa shape index (κ1) is 12.8. The standard InChI is InChI=1S/C13H23N3/c1-11(2)7-6-10-16(3)15-13-9-5-4-8-12(13)14/h4-5,8-9,11,15H,6-7,10,14H2,1-3H3. The first-order valence-electron chi connectivity index (χ1n) is 5.92. The molecule has 0 heterocycles. The number of hydrazine groups is 1. The number of nitrogens with one attached hydrogen (secondary N) is 1. The molecular formula is C13H23N3. The number of para-hydroxylation sites is 2. The van der Waals surface area contributed by atoms with Crippen LogP contribution in [0.25, 0.3) is 0 Å². The lowest BCUT2D eigenvalue weighted by Crippen LogP contribution is -2.27. The summed E-state index contributed by atoms with van der Waals surface area (Å²) in [6.45, 7) is 5.54. The Bertz CT molecular complexity index is 310. The van der Waals surface area contributed by atoms with Gasteiger partial charge in [-0.1, -0.05) is 26.0 Å². The summed E-state index contributed by atoms with van der Waals surface area (Å²) in [6.07, 6.45) is 2.46. The minimum absolute atomic E-state index is 0.773. The Kier molecular flexibility index (Phi) is 5.12. The van der Waals surface area contributed by atoms with E-state index in [1.165, 1.54) is 12.8 Å². The number of hydrogen-bond donors (Lipinski definition) is 2. The van der Waals surface area contributed by atoms with Gasteiger partial charge in [-0.2, -0.15) is 0 Å². The first-order chi connectivity index (χ1) is 7.59. The molecule has 16 heavy (non-hydrogen) atoms. The minimum atomic E-state index is 0.773. The molecule has 0 aromatic heterocycles. The highest BCUT2D eigenvalue weighted by Crippen LogP contribution is 2.17. The Labute approximate surface area is 98.6 Å². The second-order valence-corrected chi connectivity index (χ2v) is 4.66. The average Bonchev–Trinajstić information content (AvgIpc) is 2.21. The Hall–Kier alpha value is -1.22. The fourth-order valence-electron chi connectivity index (χ4n) is 1.60. The van der Waals surface area contributed by atoms with Gasteiger partial charge in [0.05, 0.1) is 11.4 Å². The van der Waals surface area contributed by atoms with Crippen LogP contribution in [0.5, 0.6) is 0 Å². The van der Waals surface area contributed by atoms with Crippen LogP contribution in [-0.4, -0.2) is 18.6 Å². The number of nitrogens with two attached hydrogens (primary N) is 1. The normalized spacial score (nSPS) is 11.1. The van der Waals surface area contributed by atoms with Gasteiger partial charge in [0, 0.05) is 13.6 Å². The van der Waals surface area contributed by atoms with Crippen molar-refractivity contribution in [2.24, 2.45) is 5.92 Å². The Morgan fingerprint density at radius 3 is 2.62 bits per heavy atom. The summed E-state index contributed by atoms with van der Waals surface area (Å²) in [5.74, 6) is 0.773. The molecule has 0 aliphatic rings. The molecule has 0 fully saturated rings. The molecule has 1 aromatic carbocycles. The summed E-state index contributed by atoms with van der Waals surface area (Å²) in [5.41, 5.74) is 10.9. The van der Waals surface area contributed by atoms with Crippen LogP contribution in [0.4, 0.5) is 11.4 Å². The van der Waals surface area contributed by atoms with Crippen LogP contribution in [0, 0.1) is 5.92 Å². The van der Waals surface area contributed by atoms with Gasteiger partial charge in [-0.15, -0.1) is 0 Å². The van der Waals surface area contributed by atoms with E-state index in [0.717, 1.165) is 23.8 Å². The van der Waals surface area contributed by atoms with Gasteiger partial charge in [-0.3, -0.25) is 0 Å². The molecule has 0 aliphatic heterocycles. The topological polar surface area (TPSA) is 41.3 Å². The van der Waals surface area contributed by atoms with Crippen LogP contribution in [0.2, 0.25) is 0 Å². The van der Waals surface area contributed by atoms with Crippen molar-refractivity contribution in [3.8, 4) is 0 Å². The Morgan fingerprint density at radius 1 is 1.31 bits per heavy atom. The minimum Gasteiger partial charge on any atom is -0.397 e. The number of hydrogen-bond acceptors (Lipinski definition) is 3. The molecule has 90 valence electrons. The van der Waals surface area contributed by atoms with E-state index in [-0.39, 0.29) is 0 Å². The van der Waals surface area contributed by atoms with E-state index >= 15 is 0 Å². The predicted molar refractivity (Wildman–Crippen MR) is 71.2 cm³/mol. The van der Waals surface area contributed by atoms with Crippen molar-refractivity contribution in [1.82, 2.24) is 5.01 Å². The summed E-state index contributed by atoms with van der Waals surface area (Å²) < 4.78 is 0. The molecular weight excluding hydrogens is 198 g/mol. The highest BCUT2D eigenvalue weighted by molar-refractivity contribution is 5.64. The van der Waals surface area contributed by atoms with Crippen molar-refractivity contribution in [2.45, 2.75) is 26.7 Å². The SMILES string of the molecule is CC(C)CCCN(C)Nc1ccccc1N. The number of rotatable bonds is 6. The van der Waals surface area contributed by atoms with Crippen LogP contribution in [0.3, 0.4) is 0 Å². The van der Waals surface area contributed by atoms with Crippen molar-refractivity contribution >= 4 is 11.4 Å². The van der Waals surface area contributed by atoms with E-state index in [1.54, 1.807) is 0 Å². The van der Waals surface area contributed by atoms with Gasteiger partial charge in [0.1, 0.15) is 0 Å². The van der Waals surface area contributed by atoms with Gasteiger partial charge < -0.3 is 11.2 Å². The van der Waals surface area contributed by atoms with Crippen molar-refractivity contribution in [2.75, 3.05) is 24.8 Å². The van der Waals surface area contributed by atoms with Crippen molar-refractivity contribution < 1.29 is 0 Å². The molecule has 0 unspecified atom stereocenters. The second kappa shape index (κ2) is 6.38. The first-order valence-corrected chi connectivity index (χ1v) is 5.92. The predicted octanol–water partition coefficient (Wildman–Crippen LogP) is 2.96. The molecule has 0 radical (unpaired) electrons. The number of nitrogens with zero attached hydrogens (tertiary/aromatic N) is 1. The van der Waals surface area contributed by atoms with Gasteiger partial charge in [0.25, 0.3) is 0 Å². The smallest absolute Gasteiger partial charge is 0.0719 e. The monoisotopic (exact) mass is 221 g/mol. The number of nitrogen functional groups attached to an aromatic ring is 1. The summed E-state index contributed by atoms with van der Waals surface area (Å²) in [6, 6.07) is 7.83. The highest BCUT2D eigenvalue weighted by atomic mass is 15.5. The average molecular weight is 221 g/mol. The van der Waals surface area contributed by atoms with Crippen LogP contribution in [0.15, 0.2) is 24.3 Å². The molecule has 3 nitrogen and oxygen atoms in total.